The predicted molar refractivity (Wildman–Crippen MR) is 80.6 cm³/mol. The highest BCUT2D eigenvalue weighted by molar-refractivity contribution is 5.32. The molecule has 20 heavy (non-hydrogen) atoms. The van der Waals surface area contributed by atoms with Crippen LogP contribution in [0.4, 0.5) is 5.69 Å². The smallest absolute Gasteiger partial charge is 0.269 e. The number of nitrogens with one attached hydrogen (secondary N) is 1. The summed E-state index contributed by atoms with van der Waals surface area (Å²) in [5.41, 5.74) is 1.27. The van der Waals surface area contributed by atoms with Gasteiger partial charge in [-0.25, -0.2) is 0 Å². The van der Waals surface area contributed by atoms with Crippen LogP contribution in [-0.4, -0.2) is 11.0 Å². The first-order valence-corrected chi connectivity index (χ1v) is 7.63. The van der Waals surface area contributed by atoms with E-state index in [1.54, 1.807) is 12.1 Å². The minimum atomic E-state index is -0.356. The number of nitro benzene ring substituents is 1. The van der Waals surface area contributed by atoms with Gasteiger partial charge in [0, 0.05) is 24.7 Å². The highest BCUT2D eigenvalue weighted by atomic mass is 16.6. The molecule has 1 fully saturated rings. The Labute approximate surface area is 120 Å². The first-order valence-electron chi connectivity index (χ1n) is 7.63. The predicted octanol–water partition coefficient (Wildman–Crippen LogP) is 4.04. The number of non-ortho nitro benzene ring substituents is 1. The molecule has 1 aliphatic rings. The van der Waals surface area contributed by atoms with Crippen molar-refractivity contribution in [3.8, 4) is 0 Å². The second kappa shape index (κ2) is 7.39. The van der Waals surface area contributed by atoms with Gasteiger partial charge in [-0.15, -0.1) is 0 Å². The molecular weight excluding hydrogens is 252 g/mol. The van der Waals surface area contributed by atoms with E-state index < -0.39 is 0 Å². The largest absolute Gasteiger partial charge is 0.310 e. The van der Waals surface area contributed by atoms with E-state index >= 15 is 0 Å². The molecule has 1 saturated carbocycles. The molecule has 1 aromatic rings. The van der Waals surface area contributed by atoms with Gasteiger partial charge in [-0.05, 0) is 31.2 Å². The maximum Gasteiger partial charge on any atom is 0.269 e. The molecule has 1 aromatic carbocycles. The molecule has 0 saturated heterocycles. The molecule has 0 aromatic heterocycles. The molecule has 0 heterocycles. The van der Waals surface area contributed by atoms with Gasteiger partial charge < -0.3 is 5.32 Å². The molecule has 1 aliphatic carbocycles. The summed E-state index contributed by atoms with van der Waals surface area (Å²) in [6, 6.07) is 7.35. The van der Waals surface area contributed by atoms with Crippen LogP contribution in [0.2, 0.25) is 0 Å². The molecule has 4 heteroatoms. The Balaban J connectivity index is 1.82. The topological polar surface area (TPSA) is 55.2 Å². The molecule has 0 bridgehead atoms. The van der Waals surface area contributed by atoms with Gasteiger partial charge in [-0.2, -0.15) is 0 Å². The van der Waals surface area contributed by atoms with Crippen molar-refractivity contribution in [3.63, 3.8) is 0 Å². The van der Waals surface area contributed by atoms with Crippen molar-refractivity contribution in [2.75, 3.05) is 0 Å². The van der Waals surface area contributed by atoms with Crippen LogP contribution >= 0.6 is 0 Å². The molecule has 0 aliphatic heterocycles. The highest BCUT2D eigenvalue weighted by Crippen LogP contribution is 2.25. The number of hydrogen-bond acceptors (Lipinski definition) is 3. The van der Waals surface area contributed by atoms with Crippen LogP contribution in [0.3, 0.4) is 0 Å². The lowest BCUT2D eigenvalue weighted by molar-refractivity contribution is -0.384. The second-order valence-corrected chi connectivity index (χ2v) is 5.84. The monoisotopic (exact) mass is 276 g/mol. The summed E-state index contributed by atoms with van der Waals surface area (Å²) in [4.78, 5) is 10.3. The van der Waals surface area contributed by atoms with Gasteiger partial charge in [0.25, 0.3) is 5.69 Å². The van der Waals surface area contributed by atoms with E-state index in [1.807, 2.05) is 12.1 Å². The number of nitrogens with zero attached hydrogens (tertiary/aromatic N) is 1. The molecule has 0 unspecified atom stereocenters. The fraction of sp³-hybridized carbons (Fsp3) is 0.625. The summed E-state index contributed by atoms with van der Waals surface area (Å²) in [6.07, 6.45) is 8.13. The zero-order chi connectivity index (χ0) is 14.4. The zero-order valence-electron chi connectivity index (χ0n) is 12.2. The number of benzene rings is 1. The summed E-state index contributed by atoms with van der Waals surface area (Å²) in [6.45, 7) is 3.05. The van der Waals surface area contributed by atoms with Crippen molar-refractivity contribution in [1.82, 2.24) is 5.32 Å². The van der Waals surface area contributed by atoms with E-state index in [0.29, 0.717) is 6.04 Å². The number of rotatable bonds is 5. The first-order chi connectivity index (χ1) is 9.66. The molecule has 1 N–H and O–H groups in total. The Hall–Kier alpha value is -1.42. The fourth-order valence-corrected chi connectivity index (χ4v) is 2.99. The summed E-state index contributed by atoms with van der Waals surface area (Å²) in [5, 5.41) is 14.2. The van der Waals surface area contributed by atoms with Gasteiger partial charge in [0.05, 0.1) is 4.92 Å². The van der Waals surface area contributed by atoms with Crippen molar-refractivity contribution < 1.29 is 4.92 Å². The Morgan fingerprint density at radius 1 is 1.20 bits per heavy atom. The van der Waals surface area contributed by atoms with Gasteiger partial charge in [0.15, 0.2) is 0 Å². The lowest BCUT2D eigenvalue weighted by Gasteiger charge is -2.23. The molecule has 1 atom stereocenters. The van der Waals surface area contributed by atoms with E-state index in [0.717, 1.165) is 18.0 Å². The lowest BCUT2D eigenvalue weighted by atomic mass is 9.93. The molecule has 110 valence electrons. The third kappa shape index (κ3) is 4.30. The molecule has 0 spiro atoms. The van der Waals surface area contributed by atoms with E-state index in [2.05, 4.69) is 12.2 Å². The van der Waals surface area contributed by atoms with E-state index in [1.165, 1.54) is 38.5 Å². The maximum atomic E-state index is 10.6. The second-order valence-electron chi connectivity index (χ2n) is 5.84. The molecule has 2 rings (SSSR count). The summed E-state index contributed by atoms with van der Waals surface area (Å²) < 4.78 is 0. The first kappa shape index (κ1) is 15.0. The Kier molecular flexibility index (Phi) is 5.53. The van der Waals surface area contributed by atoms with Gasteiger partial charge in [-0.3, -0.25) is 10.1 Å². The molecule has 0 radical (unpaired) electrons. The lowest BCUT2D eigenvalue weighted by Crippen LogP contribution is -2.32. The van der Waals surface area contributed by atoms with E-state index in [-0.39, 0.29) is 10.6 Å². The highest BCUT2D eigenvalue weighted by Gasteiger charge is 2.18. The quantitative estimate of drug-likeness (QED) is 0.501. The number of hydrogen-bond donors (Lipinski definition) is 1. The van der Waals surface area contributed by atoms with Gasteiger partial charge in [-0.1, -0.05) is 37.8 Å². The summed E-state index contributed by atoms with van der Waals surface area (Å²) >= 11 is 0. The summed E-state index contributed by atoms with van der Waals surface area (Å²) in [5.74, 6) is 0.774. The van der Waals surface area contributed by atoms with Crippen molar-refractivity contribution in [1.29, 1.82) is 0 Å². The van der Waals surface area contributed by atoms with Crippen molar-refractivity contribution in [3.05, 3.63) is 39.9 Å². The zero-order valence-corrected chi connectivity index (χ0v) is 12.2. The SMILES string of the molecule is C[C@H](NCc1ccc([N+](=O)[O-])cc1)C1CCCCCC1. The molecule has 0 amide bonds. The molecular formula is C16H24N2O2. The minimum absolute atomic E-state index is 0.158. The van der Waals surface area contributed by atoms with Crippen LogP contribution in [0, 0.1) is 16.0 Å². The van der Waals surface area contributed by atoms with Gasteiger partial charge >= 0.3 is 0 Å². The van der Waals surface area contributed by atoms with E-state index in [4.69, 9.17) is 0 Å². The van der Waals surface area contributed by atoms with Gasteiger partial charge in [0.2, 0.25) is 0 Å². The van der Waals surface area contributed by atoms with Crippen molar-refractivity contribution in [2.45, 2.75) is 58.0 Å². The third-order valence-corrected chi connectivity index (χ3v) is 4.38. The van der Waals surface area contributed by atoms with Crippen LogP contribution in [-0.2, 0) is 6.54 Å². The Morgan fingerprint density at radius 3 is 2.35 bits per heavy atom. The van der Waals surface area contributed by atoms with Crippen molar-refractivity contribution >= 4 is 5.69 Å². The summed E-state index contributed by atoms with van der Waals surface area (Å²) in [7, 11) is 0. The maximum absolute atomic E-state index is 10.6. The molecule has 4 nitrogen and oxygen atoms in total. The third-order valence-electron chi connectivity index (χ3n) is 4.38. The van der Waals surface area contributed by atoms with Gasteiger partial charge in [0.1, 0.15) is 0 Å². The van der Waals surface area contributed by atoms with Crippen molar-refractivity contribution in [2.24, 2.45) is 5.92 Å². The minimum Gasteiger partial charge on any atom is -0.310 e. The van der Waals surface area contributed by atoms with Crippen LogP contribution in [0.15, 0.2) is 24.3 Å². The van der Waals surface area contributed by atoms with E-state index in [9.17, 15) is 10.1 Å². The number of nitro groups is 1. The average molecular weight is 276 g/mol. The standard InChI is InChI=1S/C16H24N2O2/c1-13(15-6-4-2-3-5-7-15)17-12-14-8-10-16(11-9-14)18(19)20/h8-11,13,15,17H,2-7,12H2,1H3/t13-/m0/s1. The van der Waals surface area contributed by atoms with Crippen LogP contribution in [0.1, 0.15) is 51.0 Å². The van der Waals surface area contributed by atoms with Crippen LogP contribution < -0.4 is 5.32 Å². The average Bonchev–Trinajstić information content (AvgIpc) is 2.74. The van der Waals surface area contributed by atoms with Crippen LogP contribution in [0.5, 0.6) is 0 Å². The normalized spacial score (nSPS) is 18.4. The van der Waals surface area contributed by atoms with Crippen LogP contribution in [0.25, 0.3) is 0 Å². The Bertz CT molecular complexity index is 423. The fourth-order valence-electron chi connectivity index (χ4n) is 2.99. The Morgan fingerprint density at radius 2 is 1.80 bits per heavy atom.